The summed E-state index contributed by atoms with van der Waals surface area (Å²) in [4.78, 5) is 24.9. The lowest BCUT2D eigenvalue weighted by molar-refractivity contribution is 0.102. The van der Waals surface area contributed by atoms with Crippen molar-refractivity contribution < 1.29 is 14.0 Å². The fourth-order valence-corrected chi connectivity index (χ4v) is 3.75. The molecule has 0 aliphatic heterocycles. The van der Waals surface area contributed by atoms with Gasteiger partial charge in [-0.2, -0.15) is 0 Å². The SMILES string of the molecule is Nc1ccccc1NC(=O)c1ccc2c(c1)CCC2NC(=O)NCc1cccc(F)c1. The van der Waals surface area contributed by atoms with Crippen LogP contribution in [0.15, 0.2) is 66.7 Å². The molecular weight excluding hydrogens is 395 g/mol. The minimum atomic E-state index is -0.334. The normalized spacial score (nSPS) is 14.5. The van der Waals surface area contributed by atoms with Crippen LogP contribution in [0.2, 0.25) is 0 Å². The molecule has 3 amide bonds. The highest BCUT2D eigenvalue weighted by Gasteiger charge is 2.25. The summed E-state index contributed by atoms with van der Waals surface area (Å²) >= 11 is 0. The van der Waals surface area contributed by atoms with Crippen LogP contribution in [0.5, 0.6) is 0 Å². The molecular formula is C24H23FN4O2. The van der Waals surface area contributed by atoms with Gasteiger partial charge < -0.3 is 21.7 Å². The molecule has 0 bridgehead atoms. The lowest BCUT2D eigenvalue weighted by Gasteiger charge is -2.15. The average molecular weight is 418 g/mol. The number of carbonyl (C=O) groups is 2. The smallest absolute Gasteiger partial charge is 0.315 e. The quantitative estimate of drug-likeness (QED) is 0.469. The monoisotopic (exact) mass is 418 g/mol. The summed E-state index contributed by atoms with van der Waals surface area (Å²) in [5.41, 5.74) is 10.2. The summed E-state index contributed by atoms with van der Waals surface area (Å²) in [7, 11) is 0. The molecule has 1 aliphatic rings. The van der Waals surface area contributed by atoms with E-state index < -0.39 is 0 Å². The van der Waals surface area contributed by atoms with Crippen molar-refractivity contribution in [3.8, 4) is 0 Å². The molecule has 0 saturated carbocycles. The summed E-state index contributed by atoms with van der Waals surface area (Å²) < 4.78 is 13.3. The molecule has 6 nitrogen and oxygen atoms in total. The van der Waals surface area contributed by atoms with Gasteiger partial charge in [0.2, 0.25) is 0 Å². The summed E-state index contributed by atoms with van der Waals surface area (Å²) in [6.07, 6.45) is 1.51. The van der Waals surface area contributed by atoms with Crippen LogP contribution >= 0.6 is 0 Å². The van der Waals surface area contributed by atoms with Gasteiger partial charge >= 0.3 is 6.03 Å². The number of para-hydroxylation sites is 2. The standard InChI is InChI=1S/C24H23FN4O2/c25-18-5-3-4-15(12-18)14-27-24(31)29-21-11-9-16-13-17(8-10-19(16)21)23(30)28-22-7-2-1-6-20(22)26/h1-8,10,12-13,21H,9,11,14,26H2,(H,28,30)(H2,27,29,31). The van der Waals surface area contributed by atoms with Gasteiger partial charge in [0.1, 0.15) is 5.82 Å². The Balaban J connectivity index is 1.37. The molecule has 3 aromatic rings. The Hall–Kier alpha value is -3.87. The maximum Gasteiger partial charge on any atom is 0.315 e. The van der Waals surface area contributed by atoms with E-state index >= 15 is 0 Å². The van der Waals surface area contributed by atoms with Crippen molar-refractivity contribution in [3.05, 3.63) is 94.8 Å². The Morgan fingerprint density at radius 2 is 1.87 bits per heavy atom. The van der Waals surface area contributed by atoms with Gasteiger partial charge in [-0.05, 0) is 65.9 Å². The second-order valence-electron chi connectivity index (χ2n) is 7.50. The van der Waals surface area contributed by atoms with Crippen LogP contribution in [-0.2, 0) is 13.0 Å². The molecule has 158 valence electrons. The first kappa shape index (κ1) is 20.4. The van der Waals surface area contributed by atoms with Crippen LogP contribution in [0.3, 0.4) is 0 Å². The second-order valence-corrected chi connectivity index (χ2v) is 7.50. The number of nitrogens with two attached hydrogens (primary N) is 1. The number of aryl methyl sites for hydroxylation is 1. The molecule has 0 saturated heterocycles. The maximum absolute atomic E-state index is 13.3. The van der Waals surface area contributed by atoms with Gasteiger partial charge in [-0.15, -0.1) is 0 Å². The summed E-state index contributed by atoms with van der Waals surface area (Å²) in [6, 6.07) is 18.2. The Bertz CT molecular complexity index is 1130. The number of anilines is 2. The first-order valence-electron chi connectivity index (χ1n) is 10.1. The van der Waals surface area contributed by atoms with Gasteiger partial charge in [-0.1, -0.05) is 30.3 Å². The highest BCUT2D eigenvalue weighted by molar-refractivity contribution is 6.05. The predicted molar refractivity (Wildman–Crippen MR) is 118 cm³/mol. The Morgan fingerprint density at radius 1 is 1.03 bits per heavy atom. The zero-order valence-electron chi connectivity index (χ0n) is 16.8. The zero-order chi connectivity index (χ0) is 21.8. The molecule has 0 fully saturated rings. The number of rotatable bonds is 5. The van der Waals surface area contributed by atoms with Crippen LogP contribution in [0.4, 0.5) is 20.6 Å². The lowest BCUT2D eigenvalue weighted by atomic mass is 10.0. The van der Waals surface area contributed by atoms with Gasteiger partial charge in [0.15, 0.2) is 0 Å². The van der Waals surface area contributed by atoms with Crippen molar-refractivity contribution in [3.63, 3.8) is 0 Å². The van der Waals surface area contributed by atoms with Gasteiger partial charge in [-0.25, -0.2) is 9.18 Å². The minimum absolute atomic E-state index is 0.135. The molecule has 0 heterocycles. The Morgan fingerprint density at radius 3 is 2.68 bits per heavy atom. The number of nitrogens with one attached hydrogen (secondary N) is 3. The van der Waals surface area contributed by atoms with Crippen LogP contribution in [0.1, 0.15) is 39.5 Å². The fraction of sp³-hybridized carbons (Fsp3) is 0.167. The number of urea groups is 1. The number of amides is 3. The van der Waals surface area contributed by atoms with Crippen molar-refractivity contribution in [2.24, 2.45) is 0 Å². The predicted octanol–water partition coefficient (Wildman–Crippen LogP) is 4.15. The molecule has 4 rings (SSSR count). The molecule has 1 unspecified atom stereocenters. The number of carbonyl (C=O) groups excluding carboxylic acids is 2. The van der Waals surface area contributed by atoms with Crippen LogP contribution in [-0.4, -0.2) is 11.9 Å². The third-order valence-electron chi connectivity index (χ3n) is 5.34. The first-order chi connectivity index (χ1) is 15.0. The van der Waals surface area contributed by atoms with Crippen LogP contribution < -0.4 is 21.7 Å². The summed E-state index contributed by atoms with van der Waals surface area (Å²) in [5.74, 6) is -0.566. The third-order valence-corrected chi connectivity index (χ3v) is 5.34. The van der Waals surface area contributed by atoms with E-state index in [4.69, 9.17) is 5.73 Å². The zero-order valence-corrected chi connectivity index (χ0v) is 16.8. The third kappa shape index (κ3) is 4.83. The van der Waals surface area contributed by atoms with E-state index in [1.807, 2.05) is 24.3 Å². The Kier molecular flexibility index (Phi) is 5.84. The van der Waals surface area contributed by atoms with E-state index in [-0.39, 0.29) is 30.3 Å². The van der Waals surface area contributed by atoms with E-state index in [0.717, 1.165) is 24.0 Å². The molecule has 31 heavy (non-hydrogen) atoms. The topological polar surface area (TPSA) is 96.2 Å². The summed E-state index contributed by atoms with van der Waals surface area (Å²) in [6.45, 7) is 0.241. The minimum Gasteiger partial charge on any atom is -0.397 e. The molecule has 3 aromatic carbocycles. The molecule has 1 atom stereocenters. The number of hydrogen-bond acceptors (Lipinski definition) is 3. The average Bonchev–Trinajstić information content (AvgIpc) is 3.16. The Labute approximate surface area is 179 Å². The molecule has 0 radical (unpaired) electrons. The summed E-state index contributed by atoms with van der Waals surface area (Å²) in [5, 5.41) is 8.54. The van der Waals surface area contributed by atoms with Crippen molar-refractivity contribution in [1.82, 2.24) is 10.6 Å². The van der Waals surface area contributed by atoms with E-state index in [2.05, 4.69) is 16.0 Å². The van der Waals surface area contributed by atoms with E-state index in [1.54, 1.807) is 30.3 Å². The van der Waals surface area contributed by atoms with Crippen molar-refractivity contribution in [2.45, 2.75) is 25.4 Å². The van der Waals surface area contributed by atoms with E-state index in [9.17, 15) is 14.0 Å². The van der Waals surface area contributed by atoms with Gasteiger partial charge in [0.05, 0.1) is 17.4 Å². The second kappa shape index (κ2) is 8.87. The number of hydrogen-bond donors (Lipinski definition) is 4. The maximum atomic E-state index is 13.3. The molecule has 1 aliphatic carbocycles. The number of fused-ring (bicyclic) bond motifs is 1. The number of halogens is 1. The van der Waals surface area contributed by atoms with E-state index in [1.165, 1.54) is 12.1 Å². The highest BCUT2D eigenvalue weighted by atomic mass is 19.1. The molecule has 0 spiro atoms. The van der Waals surface area contributed by atoms with E-state index in [0.29, 0.717) is 22.5 Å². The van der Waals surface area contributed by atoms with Gasteiger partial charge in [0, 0.05) is 12.1 Å². The number of benzene rings is 3. The van der Waals surface area contributed by atoms with Crippen molar-refractivity contribution in [2.75, 3.05) is 11.1 Å². The number of nitrogen functional groups attached to an aromatic ring is 1. The van der Waals surface area contributed by atoms with Crippen molar-refractivity contribution >= 4 is 23.3 Å². The largest absolute Gasteiger partial charge is 0.397 e. The van der Waals surface area contributed by atoms with Crippen LogP contribution in [0.25, 0.3) is 0 Å². The van der Waals surface area contributed by atoms with Crippen molar-refractivity contribution in [1.29, 1.82) is 0 Å². The van der Waals surface area contributed by atoms with Gasteiger partial charge in [-0.3, -0.25) is 4.79 Å². The highest BCUT2D eigenvalue weighted by Crippen LogP contribution is 2.32. The lowest BCUT2D eigenvalue weighted by Crippen LogP contribution is -2.36. The molecule has 0 aromatic heterocycles. The molecule has 5 N–H and O–H groups in total. The molecule has 7 heteroatoms. The van der Waals surface area contributed by atoms with Crippen LogP contribution in [0, 0.1) is 5.82 Å². The fourth-order valence-electron chi connectivity index (χ4n) is 3.75. The van der Waals surface area contributed by atoms with Gasteiger partial charge in [0.25, 0.3) is 5.91 Å². The first-order valence-corrected chi connectivity index (χ1v) is 10.1.